The fraction of sp³-hybridized carbons (Fsp3) is 0.182. The number of para-hydroxylation sites is 2. The summed E-state index contributed by atoms with van der Waals surface area (Å²) in [7, 11) is 3.16. The van der Waals surface area contributed by atoms with Gasteiger partial charge in [0.05, 0.1) is 54.4 Å². The van der Waals surface area contributed by atoms with Crippen LogP contribution in [0.2, 0.25) is 0 Å². The largest absolute Gasteiger partial charge is 0.497 e. The third-order valence-corrected chi connectivity index (χ3v) is 9.18. The van der Waals surface area contributed by atoms with E-state index in [4.69, 9.17) is 14.6 Å². The van der Waals surface area contributed by atoms with Crippen LogP contribution in [0.15, 0.2) is 101 Å². The number of hydrogen-bond donors (Lipinski definition) is 1. The van der Waals surface area contributed by atoms with Crippen molar-refractivity contribution in [2.45, 2.75) is 24.2 Å². The van der Waals surface area contributed by atoms with Gasteiger partial charge >= 0.3 is 0 Å². The summed E-state index contributed by atoms with van der Waals surface area (Å²) < 4.78 is 26.9. The van der Waals surface area contributed by atoms with Gasteiger partial charge in [-0.25, -0.2) is 9.40 Å². The number of nitrogens with zero attached hydrogens (tertiary/aromatic N) is 5. The van der Waals surface area contributed by atoms with Gasteiger partial charge in [0.25, 0.3) is 11.8 Å². The Hall–Kier alpha value is -5.01. The normalized spacial score (nSPS) is 14.2. The van der Waals surface area contributed by atoms with Crippen molar-refractivity contribution >= 4 is 40.6 Å². The smallest absolute Gasteiger partial charge is 0.254 e. The average molecular weight is 657 g/mol. The molecule has 2 amide bonds. The number of hydrazone groups is 1. The standard InChI is InChI=1S/C33H29FN6O4S2/c1-43-22-15-13-21(14-16-22)27-18-25(29-12-7-17-45-29)38-40(27)31(41)20-46-33-37-36-30(39(33)26-10-5-6-11-28(26)44-2)19-35-32(42)23-8-3-4-9-24(23)34/h3-17,27H,18-20H2,1-2H3,(H,35,42)/t27-/m0/s1. The molecule has 234 valence electrons. The van der Waals surface area contributed by atoms with Crippen molar-refractivity contribution in [2.24, 2.45) is 5.10 Å². The Morgan fingerprint density at radius 3 is 2.50 bits per heavy atom. The first-order chi connectivity index (χ1) is 22.5. The van der Waals surface area contributed by atoms with E-state index in [1.165, 1.54) is 30.0 Å². The van der Waals surface area contributed by atoms with E-state index in [-0.39, 0.29) is 29.8 Å². The van der Waals surface area contributed by atoms with E-state index < -0.39 is 11.7 Å². The molecule has 0 radical (unpaired) electrons. The molecule has 1 aliphatic rings. The average Bonchev–Trinajstić information content (AvgIpc) is 3.87. The molecule has 1 aliphatic heterocycles. The van der Waals surface area contributed by atoms with Gasteiger partial charge in [0, 0.05) is 6.42 Å². The summed E-state index contributed by atoms with van der Waals surface area (Å²) in [5, 5.41) is 20.1. The van der Waals surface area contributed by atoms with Crippen LogP contribution in [0.1, 0.15) is 39.1 Å². The molecule has 13 heteroatoms. The van der Waals surface area contributed by atoms with Gasteiger partial charge in [-0.15, -0.1) is 21.5 Å². The van der Waals surface area contributed by atoms with Crippen molar-refractivity contribution in [3.05, 3.63) is 118 Å². The number of carbonyl (C=O) groups is 2. The molecule has 0 saturated heterocycles. The number of amides is 2. The highest BCUT2D eigenvalue weighted by Gasteiger charge is 2.34. The van der Waals surface area contributed by atoms with E-state index in [1.807, 2.05) is 60.0 Å². The molecule has 0 unspecified atom stereocenters. The minimum absolute atomic E-state index is 0.0166. The van der Waals surface area contributed by atoms with Gasteiger partial charge in [-0.1, -0.05) is 54.2 Å². The van der Waals surface area contributed by atoms with Gasteiger partial charge < -0.3 is 14.8 Å². The molecule has 6 rings (SSSR count). The van der Waals surface area contributed by atoms with Crippen LogP contribution in [0, 0.1) is 5.82 Å². The van der Waals surface area contributed by atoms with Gasteiger partial charge in [-0.3, -0.25) is 14.2 Å². The van der Waals surface area contributed by atoms with Crippen molar-refractivity contribution < 1.29 is 23.5 Å². The maximum Gasteiger partial charge on any atom is 0.254 e. The SMILES string of the molecule is COc1ccc([C@@H]2CC(c3cccs3)=NN2C(=O)CSc2nnc(CNC(=O)c3ccccc3F)n2-c2ccccc2OC)cc1. The molecular formula is C33H29FN6O4S2. The highest BCUT2D eigenvalue weighted by Crippen LogP contribution is 2.36. The number of rotatable bonds is 11. The number of hydrogen-bond acceptors (Lipinski definition) is 9. The maximum atomic E-state index is 14.2. The predicted octanol–water partition coefficient (Wildman–Crippen LogP) is 5.89. The molecule has 0 bridgehead atoms. The molecule has 3 heterocycles. The van der Waals surface area contributed by atoms with Crippen LogP contribution in [0.4, 0.5) is 4.39 Å². The number of carbonyl (C=O) groups excluding carboxylic acids is 2. The van der Waals surface area contributed by atoms with Crippen molar-refractivity contribution in [3.8, 4) is 17.2 Å². The van der Waals surface area contributed by atoms with Crippen LogP contribution in [-0.2, 0) is 11.3 Å². The van der Waals surface area contributed by atoms with Gasteiger partial charge in [0.2, 0.25) is 0 Å². The van der Waals surface area contributed by atoms with Crippen LogP contribution in [0.25, 0.3) is 5.69 Å². The van der Waals surface area contributed by atoms with Crippen molar-refractivity contribution in [1.29, 1.82) is 0 Å². The van der Waals surface area contributed by atoms with Crippen molar-refractivity contribution in [3.63, 3.8) is 0 Å². The van der Waals surface area contributed by atoms with Crippen molar-refractivity contribution in [1.82, 2.24) is 25.1 Å². The summed E-state index contributed by atoms with van der Waals surface area (Å²) in [5.41, 5.74) is 2.33. The van der Waals surface area contributed by atoms with E-state index in [0.29, 0.717) is 28.8 Å². The first-order valence-corrected chi connectivity index (χ1v) is 16.1. The molecule has 5 aromatic rings. The Kier molecular flexibility index (Phi) is 9.41. The first kappa shape index (κ1) is 31.0. The maximum absolute atomic E-state index is 14.2. The van der Waals surface area contributed by atoms with Crippen LogP contribution < -0.4 is 14.8 Å². The van der Waals surface area contributed by atoms with Crippen LogP contribution in [0.3, 0.4) is 0 Å². The molecule has 0 spiro atoms. The summed E-state index contributed by atoms with van der Waals surface area (Å²) in [6.07, 6.45) is 0.576. The lowest BCUT2D eigenvalue weighted by molar-refractivity contribution is -0.130. The molecule has 0 aliphatic carbocycles. The summed E-state index contributed by atoms with van der Waals surface area (Å²) >= 11 is 2.78. The first-order valence-electron chi connectivity index (χ1n) is 14.3. The molecule has 10 nitrogen and oxygen atoms in total. The molecule has 2 aromatic heterocycles. The van der Waals surface area contributed by atoms with E-state index in [2.05, 4.69) is 15.5 Å². The number of methoxy groups -OCH3 is 2. The van der Waals surface area contributed by atoms with Crippen LogP contribution in [0.5, 0.6) is 11.5 Å². The van der Waals surface area contributed by atoms with Crippen LogP contribution >= 0.6 is 23.1 Å². The number of aromatic nitrogens is 3. The zero-order valence-corrected chi connectivity index (χ0v) is 26.6. The Balaban J connectivity index is 1.26. The quantitative estimate of drug-likeness (QED) is 0.177. The molecule has 1 N–H and O–H groups in total. The Morgan fingerprint density at radius 1 is 0.978 bits per heavy atom. The van der Waals surface area contributed by atoms with Gasteiger partial charge in [0.1, 0.15) is 17.3 Å². The molecule has 0 saturated carbocycles. The number of thioether (sulfide) groups is 1. The lowest BCUT2D eigenvalue weighted by atomic mass is 10.0. The second-order valence-corrected chi connectivity index (χ2v) is 12.0. The summed E-state index contributed by atoms with van der Waals surface area (Å²) in [6.45, 7) is -0.0488. The van der Waals surface area contributed by atoms with Gasteiger partial charge in [0.15, 0.2) is 11.0 Å². The zero-order valence-electron chi connectivity index (χ0n) is 24.9. The number of thiophene rings is 1. The molecule has 3 aromatic carbocycles. The molecule has 0 fully saturated rings. The highest BCUT2D eigenvalue weighted by atomic mass is 32.2. The zero-order chi connectivity index (χ0) is 32.0. The van der Waals surface area contributed by atoms with Crippen LogP contribution in [-0.4, -0.2) is 57.3 Å². The number of ether oxygens (including phenoxy) is 2. The van der Waals surface area contributed by atoms with E-state index in [0.717, 1.165) is 21.9 Å². The van der Waals surface area contributed by atoms with E-state index in [1.54, 1.807) is 47.3 Å². The highest BCUT2D eigenvalue weighted by molar-refractivity contribution is 7.99. The minimum atomic E-state index is -0.624. The number of nitrogens with one attached hydrogen (secondary N) is 1. The molecule has 46 heavy (non-hydrogen) atoms. The second-order valence-electron chi connectivity index (χ2n) is 10.1. The van der Waals surface area contributed by atoms with Gasteiger partial charge in [-0.05, 0) is 53.4 Å². The Morgan fingerprint density at radius 2 is 1.76 bits per heavy atom. The summed E-state index contributed by atoms with van der Waals surface area (Å²) in [5.74, 6) is 0.243. The van der Waals surface area contributed by atoms with Gasteiger partial charge in [-0.2, -0.15) is 5.10 Å². The topological polar surface area (TPSA) is 111 Å². The lowest BCUT2D eigenvalue weighted by Crippen LogP contribution is -2.28. The number of benzene rings is 3. The predicted molar refractivity (Wildman–Crippen MR) is 174 cm³/mol. The third-order valence-electron chi connectivity index (χ3n) is 7.35. The van der Waals surface area contributed by atoms with Crippen molar-refractivity contribution in [2.75, 3.05) is 20.0 Å². The number of halogens is 1. The molecule has 1 atom stereocenters. The minimum Gasteiger partial charge on any atom is -0.497 e. The lowest BCUT2D eigenvalue weighted by Gasteiger charge is -2.22. The second kappa shape index (κ2) is 14.0. The fourth-order valence-corrected chi connectivity index (χ4v) is 6.61. The summed E-state index contributed by atoms with van der Waals surface area (Å²) in [4.78, 5) is 27.6. The summed E-state index contributed by atoms with van der Waals surface area (Å²) in [6, 6.07) is 24.4. The Bertz CT molecular complexity index is 1880. The fourth-order valence-electron chi connectivity index (χ4n) is 5.07. The molecular weight excluding hydrogens is 628 g/mol. The third kappa shape index (κ3) is 6.51. The Labute approximate surface area is 272 Å². The van der Waals surface area contributed by atoms with E-state index in [9.17, 15) is 14.0 Å². The van der Waals surface area contributed by atoms with E-state index >= 15 is 0 Å². The monoisotopic (exact) mass is 656 g/mol.